The Balaban J connectivity index is 1.28. The van der Waals surface area contributed by atoms with E-state index in [1.807, 2.05) is 6.07 Å². The summed E-state index contributed by atoms with van der Waals surface area (Å²) in [5, 5.41) is 7.00. The van der Waals surface area contributed by atoms with Gasteiger partial charge >= 0.3 is 0 Å². The van der Waals surface area contributed by atoms with Crippen molar-refractivity contribution in [3.05, 3.63) is 151 Å². The summed E-state index contributed by atoms with van der Waals surface area (Å²) < 4.78 is 9.28. The molecule has 44 heavy (non-hydrogen) atoms. The summed E-state index contributed by atoms with van der Waals surface area (Å²) >= 11 is 0. The van der Waals surface area contributed by atoms with Gasteiger partial charge in [-0.15, -0.1) is 0 Å². The SMILES string of the molecule is C1=Cc2cccc(-c3ccc(-n4c5ccccc5c5c6oc(-c7ccccc7)c(-c7ccccc7)c6ccc54)cc3)c2NC1. The van der Waals surface area contributed by atoms with Gasteiger partial charge < -0.3 is 14.3 Å². The van der Waals surface area contributed by atoms with Crippen molar-refractivity contribution in [3.63, 3.8) is 0 Å². The standard InChI is InChI=1S/C41H28N2O/c1-3-11-28(12-4-1)37-34-24-25-36-38(41(34)44-40(37)30-13-5-2-6-14-30)33-17-7-8-19-35(33)43(36)31-22-20-27(21-23-31)32-18-9-15-29-16-10-26-42-39(29)32/h1-25,42H,26H2. The maximum Gasteiger partial charge on any atom is 0.145 e. The molecule has 0 saturated carbocycles. The number of aromatic nitrogens is 1. The smallest absolute Gasteiger partial charge is 0.145 e. The summed E-state index contributed by atoms with van der Waals surface area (Å²) in [5.74, 6) is 0.898. The van der Waals surface area contributed by atoms with Crippen LogP contribution in [0, 0.1) is 0 Å². The number of benzene rings is 6. The first-order valence-corrected chi connectivity index (χ1v) is 15.1. The third-order valence-electron chi connectivity index (χ3n) is 8.82. The van der Waals surface area contributed by atoms with Gasteiger partial charge in [0.25, 0.3) is 0 Å². The lowest BCUT2D eigenvalue weighted by Crippen LogP contribution is -2.05. The van der Waals surface area contributed by atoms with Crippen molar-refractivity contribution in [1.29, 1.82) is 0 Å². The molecule has 8 aromatic rings. The van der Waals surface area contributed by atoms with Crippen LogP contribution in [-0.2, 0) is 0 Å². The molecule has 0 aliphatic carbocycles. The number of hydrogen-bond donors (Lipinski definition) is 1. The van der Waals surface area contributed by atoms with Crippen LogP contribution >= 0.6 is 0 Å². The van der Waals surface area contributed by atoms with Crippen molar-refractivity contribution in [1.82, 2.24) is 4.57 Å². The summed E-state index contributed by atoms with van der Waals surface area (Å²) in [6.07, 6.45) is 4.36. The molecule has 2 aromatic heterocycles. The molecule has 0 fully saturated rings. The van der Waals surface area contributed by atoms with Gasteiger partial charge in [0.1, 0.15) is 11.3 Å². The molecule has 0 amide bonds. The molecule has 0 atom stereocenters. The Hall–Kier alpha value is -5.80. The summed E-state index contributed by atoms with van der Waals surface area (Å²) in [6, 6.07) is 49.6. The lowest BCUT2D eigenvalue weighted by atomic mass is 9.97. The van der Waals surface area contributed by atoms with E-state index in [2.05, 4.69) is 155 Å². The molecule has 208 valence electrons. The molecule has 3 heterocycles. The second-order valence-corrected chi connectivity index (χ2v) is 11.3. The largest absolute Gasteiger partial charge is 0.455 e. The van der Waals surface area contributed by atoms with Crippen LogP contribution in [0.15, 0.2) is 150 Å². The van der Waals surface area contributed by atoms with E-state index in [1.54, 1.807) is 0 Å². The van der Waals surface area contributed by atoms with Gasteiger partial charge in [0.15, 0.2) is 0 Å². The summed E-state index contributed by atoms with van der Waals surface area (Å²) in [4.78, 5) is 0. The van der Waals surface area contributed by atoms with Crippen molar-refractivity contribution in [2.45, 2.75) is 0 Å². The van der Waals surface area contributed by atoms with Crippen LogP contribution in [0.25, 0.3) is 78.1 Å². The topological polar surface area (TPSA) is 30.1 Å². The lowest BCUT2D eigenvalue weighted by molar-refractivity contribution is 0.636. The molecule has 0 bridgehead atoms. The first-order chi connectivity index (χ1) is 21.8. The Morgan fingerprint density at radius 1 is 0.568 bits per heavy atom. The van der Waals surface area contributed by atoms with Gasteiger partial charge in [-0.1, -0.05) is 121 Å². The second-order valence-electron chi connectivity index (χ2n) is 11.3. The van der Waals surface area contributed by atoms with Gasteiger partial charge in [-0.05, 0) is 47.0 Å². The predicted octanol–water partition coefficient (Wildman–Crippen LogP) is 11.0. The molecule has 9 rings (SSSR count). The molecule has 3 nitrogen and oxygen atoms in total. The summed E-state index contributed by atoms with van der Waals surface area (Å²) in [5.41, 5.74) is 12.5. The van der Waals surface area contributed by atoms with Crippen molar-refractivity contribution in [2.75, 3.05) is 11.9 Å². The van der Waals surface area contributed by atoms with E-state index in [-0.39, 0.29) is 0 Å². The Morgan fingerprint density at radius 2 is 1.32 bits per heavy atom. The van der Waals surface area contributed by atoms with E-state index in [0.29, 0.717) is 0 Å². The number of rotatable bonds is 4. The minimum absolute atomic E-state index is 0.850. The predicted molar refractivity (Wildman–Crippen MR) is 184 cm³/mol. The zero-order chi connectivity index (χ0) is 29.0. The number of fused-ring (bicyclic) bond motifs is 6. The van der Waals surface area contributed by atoms with Gasteiger partial charge in [-0.25, -0.2) is 0 Å². The first kappa shape index (κ1) is 24.8. The number of para-hydroxylation sites is 2. The van der Waals surface area contributed by atoms with Crippen molar-refractivity contribution in [3.8, 4) is 39.3 Å². The van der Waals surface area contributed by atoms with Crippen LogP contribution in [0.1, 0.15) is 5.56 Å². The Kier molecular flexibility index (Phi) is 5.57. The molecule has 3 heteroatoms. The molecule has 1 N–H and O–H groups in total. The number of nitrogens with zero attached hydrogens (tertiary/aromatic N) is 1. The molecular formula is C41H28N2O. The number of furan rings is 1. The summed E-state index contributed by atoms with van der Waals surface area (Å²) in [6.45, 7) is 0.850. The van der Waals surface area contributed by atoms with Gasteiger partial charge in [-0.3, -0.25) is 0 Å². The number of hydrogen-bond acceptors (Lipinski definition) is 2. The van der Waals surface area contributed by atoms with Crippen LogP contribution in [0.4, 0.5) is 5.69 Å². The maximum absolute atomic E-state index is 6.91. The molecule has 0 saturated heterocycles. The van der Waals surface area contributed by atoms with Crippen LogP contribution in [-0.4, -0.2) is 11.1 Å². The minimum Gasteiger partial charge on any atom is -0.455 e. The molecule has 1 aliphatic heterocycles. The van der Waals surface area contributed by atoms with Crippen LogP contribution in [0.5, 0.6) is 0 Å². The van der Waals surface area contributed by atoms with Crippen LogP contribution in [0.3, 0.4) is 0 Å². The fourth-order valence-electron chi connectivity index (χ4n) is 6.85. The Morgan fingerprint density at radius 3 is 2.14 bits per heavy atom. The quantitative estimate of drug-likeness (QED) is 0.230. The molecule has 0 radical (unpaired) electrons. The maximum atomic E-state index is 6.91. The molecule has 0 unspecified atom stereocenters. The highest BCUT2D eigenvalue weighted by atomic mass is 16.3. The van der Waals surface area contributed by atoms with Crippen LogP contribution < -0.4 is 5.32 Å². The molecule has 1 aliphatic rings. The Labute approximate surface area is 255 Å². The molecule has 6 aromatic carbocycles. The lowest BCUT2D eigenvalue weighted by Gasteiger charge is -2.18. The highest BCUT2D eigenvalue weighted by Gasteiger charge is 2.23. The normalized spacial score (nSPS) is 12.5. The van der Waals surface area contributed by atoms with E-state index in [0.717, 1.165) is 62.1 Å². The van der Waals surface area contributed by atoms with Crippen LogP contribution in [0.2, 0.25) is 0 Å². The zero-order valence-electron chi connectivity index (χ0n) is 24.0. The number of anilines is 1. The molecular weight excluding hydrogens is 536 g/mol. The average molecular weight is 565 g/mol. The highest BCUT2D eigenvalue weighted by molar-refractivity contribution is 6.22. The van der Waals surface area contributed by atoms with E-state index < -0.39 is 0 Å². The monoisotopic (exact) mass is 564 g/mol. The average Bonchev–Trinajstić information content (AvgIpc) is 3.65. The third-order valence-corrected chi connectivity index (χ3v) is 8.82. The second kappa shape index (κ2) is 9.89. The fraction of sp³-hybridized carbons (Fsp3) is 0.0244. The van der Waals surface area contributed by atoms with Gasteiger partial charge in [0.2, 0.25) is 0 Å². The molecule has 0 spiro atoms. The highest BCUT2D eigenvalue weighted by Crippen LogP contribution is 2.46. The third kappa shape index (κ3) is 3.76. The van der Waals surface area contributed by atoms with Crippen molar-refractivity contribution >= 4 is 44.5 Å². The Bertz CT molecular complexity index is 2360. The number of nitrogens with one attached hydrogen (secondary N) is 1. The van der Waals surface area contributed by atoms with Gasteiger partial charge in [0.05, 0.1) is 16.4 Å². The van der Waals surface area contributed by atoms with Crippen molar-refractivity contribution < 1.29 is 4.42 Å². The van der Waals surface area contributed by atoms with E-state index >= 15 is 0 Å². The van der Waals surface area contributed by atoms with E-state index in [4.69, 9.17) is 4.42 Å². The first-order valence-electron chi connectivity index (χ1n) is 15.1. The van der Waals surface area contributed by atoms with E-state index in [9.17, 15) is 0 Å². The fourth-order valence-corrected chi connectivity index (χ4v) is 6.85. The van der Waals surface area contributed by atoms with Gasteiger partial charge in [-0.2, -0.15) is 0 Å². The summed E-state index contributed by atoms with van der Waals surface area (Å²) in [7, 11) is 0. The zero-order valence-corrected chi connectivity index (χ0v) is 24.0. The van der Waals surface area contributed by atoms with Crippen molar-refractivity contribution in [2.24, 2.45) is 0 Å². The van der Waals surface area contributed by atoms with E-state index in [1.165, 1.54) is 27.8 Å². The minimum atomic E-state index is 0.850. The van der Waals surface area contributed by atoms with Gasteiger partial charge in [0, 0.05) is 45.4 Å².